The van der Waals surface area contributed by atoms with Crippen molar-refractivity contribution in [1.29, 1.82) is 0 Å². The van der Waals surface area contributed by atoms with Gasteiger partial charge >= 0.3 is 0 Å². The first kappa shape index (κ1) is 16.6. The van der Waals surface area contributed by atoms with Crippen LogP contribution in [0.15, 0.2) is 22.8 Å². The Morgan fingerprint density at radius 1 is 1.41 bits per heavy atom. The Morgan fingerprint density at radius 2 is 2.05 bits per heavy atom. The Morgan fingerprint density at radius 3 is 2.50 bits per heavy atom. The molecule has 0 saturated heterocycles. The predicted octanol–water partition coefficient (Wildman–Crippen LogP) is 4.44. The van der Waals surface area contributed by atoms with Crippen LogP contribution in [-0.4, -0.2) is 21.0 Å². The minimum atomic E-state index is -0.528. The van der Waals surface area contributed by atoms with E-state index in [4.69, 9.17) is 11.6 Å². The van der Waals surface area contributed by atoms with Gasteiger partial charge in [0.2, 0.25) is 0 Å². The molecular weight excluding hydrogens is 374 g/mol. The molecular formula is C14H13BrClN3O3. The highest BCUT2D eigenvalue weighted by molar-refractivity contribution is 9.10. The third-order valence-corrected chi connectivity index (χ3v) is 4.11. The SMILES string of the molecule is CC(C)(C)n1nc(-c2ccc([N+](=O)[O-])cc2Cl)c(C=O)c1Br. The van der Waals surface area contributed by atoms with Crippen molar-refractivity contribution in [2.45, 2.75) is 26.3 Å². The van der Waals surface area contributed by atoms with Gasteiger partial charge in [0.05, 0.1) is 21.0 Å². The number of aromatic nitrogens is 2. The number of nitro benzene ring substituents is 1. The van der Waals surface area contributed by atoms with E-state index >= 15 is 0 Å². The maximum atomic E-state index is 11.4. The highest BCUT2D eigenvalue weighted by atomic mass is 79.9. The van der Waals surface area contributed by atoms with Crippen LogP contribution in [0, 0.1) is 10.1 Å². The molecule has 6 nitrogen and oxygen atoms in total. The Labute approximate surface area is 140 Å². The average molecular weight is 387 g/mol. The first-order valence-electron chi connectivity index (χ1n) is 6.35. The monoisotopic (exact) mass is 385 g/mol. The molecule has 0 saturated carbocycles. The lowest BCUT2D eigenvalue weighted by atomic mass is 10.1. The van der Waals surface area contributed by atoms with Gasteiger partial charge in [0.25, 0.3) is 5.69 Å². The first-order valence-corrected chi connectivity index (χ1v) is 7.52. The molecule has 0 aliphatic carbocycles. The molecule has 2 rings (SSSR count). The first-order chi connectivity index (χ1) is 10.2. The number of rotatable bonds is 3. The summed E-state index contributed by atoms with van der Waals surface area (Å²) in [5, 5.41) is 15.4. The lowest BCUT2D eigenvalue weighted by Gasteiger charge is -2.20. The van der Waals surface area contributed by atoms with Gasteiger partial charge in [-0.15, -0.1) is 0 Å². The zero-order valence-corrected chi connectivity index (χ0v) is 14.5. The van der Waals surface area contributed by atoms with Crippen molar-refractivity contribution in [3.8, 4) is 11.3 Å². The van der Waals surface area contributed by atoms with E-state index in [-0.39, 0.29) is 16.2 Å². The molecule has 0 radical (unpaired) electrons. The highest BCUT2D eigenvalue weighted by Crippen LogP contribution is 2.36. The number of nitro groups is 1. The van der Waals surface area contributed by atoms with Gasteiger partial charge in [0, 0.05) is 17.7 Å². The standard InChI is InChI=1S/C14H13BrClN3O3/c1-14(2,3)18-13(15)10(7-20)12(17-18)9-5-4-8(19(21)22)6-11(9)16/h4-7H,1-3H3. The van der Waals surface area contributed by atoms with Gasteiger partial charge in [0.1, 0.15) is 10.3 Å². The molecule has 22 heavy (non-hydrogen) atoms. The fraction of sp³-hybridized carbons (Fsp3) is 0.286. The fourth-order valence-corrected chi connectivity index (χ4v) is 3.12. The van der Waals surface area contributed by atoms with E-state index in [0.29, 0.717) is 27.7 Å². The largest absolute Gasteiger partial charge is 0.298 e. The van der Waals surface area contributed by atoms with Crippen molar-refractivity contribution in [3.63, 3.8) is 0 Å². The Kier molecular flexibility index (Phi) is 4.39. The minimum Gasteiger partial charge on any atom is -0.298 e. The number of non-ortho nitro benzene ring substituents is 1. The number of carbonyl (C=O) groups excluding carboxylic acids is 1. The minimum absolute atomic E-state index is 0.115. The summed E-state index contributed by atoms with van der Waals surface area (Å²) in [6.07, 6.45) is 0.687. The van der Waals surface area contributed by atoms with E-state index in [1.54, 1.807) is 4.68 Å². The van der Waals surface area contributed by atoms with Crippen LogP contribution in [0.4, 0.5) is 5.69 Å². The van der Waals surface area contributed by atoms with Crippen molar-refractivity contribution in [3.05, 3.63) is 43.5 Å². The van der Waals surface area contributed by atoms with Crippen molar-refractivity contribution < 1.29 is 9.72 Å². The van der Waals surface area contributed by atoms with Crippen LogP contribution in [0.5, 0.6) is 0 Å². The molecule has 0 atom stereocenters. The van der Waals surface area contributed by atoms with Crippen LogP contribution in [0.1, 0.15) is 31.1 Å². The van der Waals surface area contributed by atoms with Crippen LogP contribution in [-0.2, 0) is 5.54 Å². The fourth-order valence-electron chi connectivity index (χ4n) is 1.97. The second kappa shape index (κ2) is 5.81. The number of benzene rings is 1. The van der Waals surface area contributed by atoms with Gasteiger partial charge in [-0.2, -0.15) is 5.10 Å². The molecule has 0 aliphatic heterocycles. The van der Waals surface area contributed by atoms with E-state index in [1.807, 2.05) is 20.8 Å². The van der Waals surface area contributed by atoms with E-state index < -0.39 is 4.92 Å². The summed E-state index contributed by atoms with van der Waals surface area (Å²) < 4.78 is 2.21. The molecule has 0 aliphatic rings. The molecule has 1 heterocycles. The normalized spacial score (nSPS) is 11.5. The van der Waals surface area contributed by atoms with E-state index in [1.165, 1.54) is 18.2 Å². The molecule has 0 fully saturated rings. The third-order valence-electron chi connectivity index (χ3n) is 3.04. The number of hydrogen-bond donors (Lipinski definition) is 0. The number of halogens is 2. The molecule has 0 amide bonds. The smallest absolute Gasteiger partial charge is 0.270 e. The molecule has 1 aromatic carbocycles. The Hall–Kier alpha value is -1.73. The van der Waals surface area contributed by atoms with E-state index in [9.17, 15) is 14.9 Å². The summed E-state index contributed by atoms with van der Waals surface area (Å²) in [5.41, 5.74) is 0.749. The van der Waals surface area contributed by atoms with Gasteiger partial charge in [-0.05, 0) is 42.8 Å². The van der Waals surface area contributed by atoms with Crippen LogP contribution in [0.3, 0.4) is 0 Å². The van der Waals surface area contributed by atoms with Crippen LogP contribution < -0.4 is 0 Å². The molecule has 8 heteroatoms. The van der Waals surface area contributed by atoms with Crippen LogP contribution in [0.25, 0.3) is 11.3 Å². The summed E-state index contributed by atoms with van der Waals surface area (Å²) in [6, 6.07) is 4.07. The number of nitrogens with zero attached hydrogens (tertiary/aromatic N) is 3. The molecule has 0 N–H and O–H groups in total. The third kappa shape index (κ3) is 2.91. The second-order valence-corrected chi connectivity index (χ2v) is 6.83. The summed E-state index contributed by atoms with van der Waals surface area (Å²) in [4.78, 5) is 21.7. The molecule has 0 unspecified atom stereocenters. The maximum Gasteiger partial charge on any atom is 0.270 e. The molecule has 0 bridgehead atoms. The van der Waals surface area contributed by atoms with Gasteiger partial charge in [0.15, 0.2) is 6.29 Å². The summed E-state index contributed by atoms with van der Waals surface area (Å²) in [6.45, 7) is 5.84. The van der Waals surface area contributed by atoms with Crippen molar-refractivity contribution in [2.75, 3.05) is 0 Å². The van der Waals surface area contributed by atoms with Crippen molar-refractivity contribution in [2.24, 2.45) is 0 Å². The predicted molar refractivity (Wildman–Crippen MR) is 87.4 cm³/mol. The van der Waals surface area contributed by atoms with E-state index in [0.717, 1.165) is 0 Å². The number of hydrogen-bond acceptors (Lipinski definition) is 4. The lowest BCUT2D eigenvalue weighted by molar-refractivity contribution is -0.384. The van der Waals surface area contributed by atoms with Gasteiger partial charge < -0.3 is 0 Å². The Balaban J connectivity index is 2.68. The quantitative estimate of drug-likeness (QED) is 0.444. The van der Waals surface area contributed by atoms with Gasteiger partial charge in [-0.1, -0.05) is 11.6 Å². The summed E-state index contributed by atoms with van der Waals surface area (Å²) >= 11 is 9.50. The summed E-state index contributed by atoms with van der Waals surface area (Å²) in [5.74, 6) is 0. The Bertz CT molecular complexity index is 765. The average Bonchev–Trinajstić information content (AvgIpc) is 2.75. The molecule has 1 aromatic heterocycles. The topological polar surface area (TPSA) is 78.0 Å². The van der Waals surface area contributed by atoms with Gasteiger partial charge in [-0.3, -0.25) is 19.6 Å². The number of aldehydes is 1. The zero-order valence-electron chi connectivity index (χ0n) is 12.1. The van der Waals surface area contributed by atoms with Crippen LogP contribution >= 0.6 is 27.5 Å². The van der Waals surface area contributed by atoms with Crippen molar-refractivity contribution in [1.82, 2.24) is 9.78 Å². The lowest BCUT2D eigenvalue weighted by Crippen LogP contribution is -2.23. The second-order valence-electron chi connectivity index (χ2n) is 5.67. The van der Waals surface area contributed by atoms with E-state index in [2.05, 4.69) is 21.0 Å². The molecule has 116 valence electrons. The molecule has 0 spiro atoms. The van der Waals surface area contributed by atoms with Crippen LogP contribution in [0.2, 0.25) is 5.02 Å². The molecule has 2 aromatic rings. The maximum absolute atomic E-state index is 11.4. The number of carbonyl (C=O) groups is 1. The zero-order chi connectivity index (χ0) is 16.7. The highest BCUT2D eigenvalue weighted by Gasteiger charge is 2.25. The van der Waals surface area contributed by atoms with Gasteiger partial charge in [-0.25, -0.2) is 0 Å². The summed E-state index contributed by atoms with van der Waals surface area (Å²) in [7, 11) is 0. The van der Waals surface area contributed by atoms with Crippen molar-refractivity contribution >= 4 is 39.5 Å².